The van der Waals surface area contributed by atoms with E-state index in [4.69, 9.17) is 21.8 Å². The molecule has 1 aliphatic heterocycles. The monoisotopic (exact) mass is 394 g/mol. The molecule has 2 fully saturated rings. The summed E-state index contributed by atoms with van der Waals surface area (Å²) in [7, 11) is 0. The lowest BCUT2D eigenvalue weighted by atomic mass is 10.0. The van der Waals surface area contributed by atoms with Crippen LogP contribution in [0.1, 0.15) is 31.2 Å². The number of halogens is 1. The number of benzene rings is 1. The molecule has 1 saturated heterocycles. The second-order valence-corrected chi connectivity index (χ2v) is 7.36. The van der Waals surface area contributed by atoms with Gasteiger partial charge in [-0.2, -0.15) is 0 Å². The molecule has 1 aromatic rings. The van der Waals surface area contributed by atoms with Crippen molar-refractivity contribution in [3.05, 3.63) is 47.0 Å². The first-order valence-corrected chi connectivity index (χ1v) is 9.65. The van der Waals surface area contributed by atoms with E-state index in [1.165, 1.54) is 37.8 Å². The fourth-order valence-electron chi connectivity index (χ4n) is 3.13. The predicted molar refractivity (Wildman–Crippen MR) is 105 cm³/mol. The van der Waals surface area contributed by atoms with Gasteiger partial charge in [0.15, 0.2) is 0 Å². The number of carboxylic acid groups (broad SMARTS) is 2. The molecule has 1 aliphatic carbocycles. The van der Waals surface area contributed by atoms with Gasteiger partial charge in [0, 0.05) is 36.3 Å². The summed E-state index contributed by atoms with van der Waals surface area (Å²) in [5.41, 5.74) is 1.28. The van der Waals surface area contributed by atoms with Crippen molar-refractivity contribution in [1.82, 2.24) is 10.2 Å². The van der Waals surface area contributed by atoms with Crippen molar-refractivity contribution >= 4 is 23.5 Å². The lowest BCUT2D eigenvalue weighted by Gasteiger charge is -2.35. The Balaban J connectivity index is 0.000000279. The van der Waals surface area contributed by atoms with E-state index in [-0.39, 0.29) is 0 Å². The smallest absolute Gasteiger partial charge is 0.328 e. The van der Waals surface area contributed by atoms with Crippen LogP contribution in [-0.2, 0) is 16.1 Å². The fraction of sp³-hybridized carbons (Fsp3) is 0.500. The van der Waals surface area contributed by atoms with Gasteiger partial charge in [-0.15, -0.1) is 0 Å². The molecular weight excluding hydrogens is 368 g/mol. The van der Waals surface area contributed by atoms with Crippen molar-refractivity contribution in [1.29, 1.82) is 0 Å². The van der Waals surface area contributed by atoms with Gasteiger partial charge in [-0.25, -0.2) is 9.59 Å². The number of carboxylic acids is 2. The van der Waals surface area contributed by atoms with Gasteiger partial charge in [0.2, 0.25) is 0 Å². The Bertz CT molecular complexity index is 639. The second-order valence-electron chi connectivity index (χ2n) is 6.96. The molecule has 2 aliphatic rings. The number of hydrogen-bond acceptors (Lipinski definition) is 4. The van der Waals surface area contributed by atoms with Gasteiger partial charge in [0.05, 0.1) is 0 Å². The van der Waals surface area contributed by atoms with Crippen LogP contribution in [0, 0.1) is 5.92 Å². The number of aliphatic carboxylic acids is 2. The number of rotatable bonds is 7. The molecule has 148 valence electrons. The third-order valence-corrected chi connectivity index (χ3v) is 5.08. The van der Waals surface area contributed by atoms with Crippen LogP contribution in [0.25, 0.3) is 0 Å². The van der Waals surface area contributed by atoms with Crippen molar-refractivity contribution in [2.24, 2.45) is 5.92 Å². The first kappa shape index (κ1) is 21.4. The SMILES string of the molecule is Clc1ccccc1CN(CC1CC1)C1CCNCC1.O=C(O)/C=C/C(=O)O. The van der Waals surface area contributed by atoms with Crippen LogP contribution >= 0.6 is 11.6 Å². The minimum Gasteiger partial charge on any atom is -0.478 e. The minimum absolute atomic E-state index is 0.558. The van der Waals surface area contributed by atoms with Crippen LogP contribution in [0.4, 0.5) is 0 Å². The number of hydrogen-bond donors (Lipinski definition) is 3. The van der Waals surface area contributed by atoms with Crippen LogP contribution in [-0.4, -0.2) is 52.7 Å². The van der Waals surface area contributed by atoms with Gasteiger partial charge in [-0.1, -0.05) is 29.8 Å². The van der Waals surface area contributed by atoms with E-state index in [1.807, 2.05) is 12.1 Å². The number of nitrogens with one attached hydrogen (secondary N) is 1. The van der Waals surface area contributed by atoms with Crippen molar-refractivity contribution in [2.75, 3.05) is 19.6 Å². The maximum absolute atomic E-state index is 9.55. The highest BCUT2D eigenvalue weighted by atomic mass is 35.5. The highest BCUT2D eigenvalue weighted by Gasteiger charge is 2.29. The Hall–Kier alpha value is -1.89. The van der Waals surface area contributed by atoms with Gasteiger partial charge >= 0.3 is 11.9 Å². The quantitative estimate of drug-likeness (QED) is 0.616. The van der Waals surface area contributed by atoms with E-state index in [0.717, 1.165) is 36.6 Å². The van der Waals surface area contributed by atoms with E-state index in [1.54, 1.807) is 0 Å². The Morgan fingerprint density at radius 2 is 1.67 bits per heavy atom. The van der Waals surface area contributed by atoms with Gasteiger partial charge in [-0.3, -0.25) is 4.90 Å². The molecule has 0 spiro atoms. The summed E-state index contributed by atoms with van der Waals surface area (Å²) in [6.45, 7) is 4.60. The molecule has 0 radical (unpaired) electrons. The molecule has 1 saturated carbocycles. The molecule has 0 atom stereocenters. The van der Waals surface area contributed by atoms with Gasteiger partial charge in [0.1, 0.15) is 0 Å². The van der Waals surface area contributed by atoms with Crippen molar-refractivity contribution < 1.29 is 19.8 Å². The average molecular weight is 395 g/mol. The first-order valence-electron chi connectivity index (χ1n) is 9.28. The summed E-state index contributed by atoms with van der Waals surface area (Å²) in [4.78, 5) is 21.8. The molecule has 7 heteroatoms. The first-order chi connectivity index (χ1) is 13.0. The number of piperidine rings is 1. The molecule has 1 aromatic carbocycles. The predicted octanol–water partition coefficient (Wildman–Crippen LogP) is 3.02. The maximum atomic E-state index is 9.55. The summed E-state index contributed by atoms with van der Waals surface area (Å²) < 4.78 is 0. The van der Waals surface area contributed by atoms with Crippen LogP contribution in [0.5, 0.6) is 0 Å². The fourth-order valence-corrected chi connectivity index (χ4v) is 3.33. The van der Waals surface area contributed by atoms with Crippen molar-refractivity contribution in [3.63, 3.8) is 0 Å². The average Bonchev–Trinajstić information content (AvgIpc) is 3.47. The lowest BCUT2D eigenvalue weighted by Crippen LogP contribution is -2.43. The van der Waals surface area contributed by atoms with E-state index in [2.05, 4.69) is 22.3 Å². The molecule has 0 unspecified atom stereocenters. The van der Waals surface area contributed by atoms with Crippen LogP contribution in [0.15, 0.2) is 36.4 Å². The summed E-state index contributed by atoms with van der Waals surface area (Å²) >= 11 is 6.32. The zero-order valence-corrected chi connectivity index (χ0v) is 16.1. The highest BCUT2D eigenvalue weighted by molar-refractivity contribution is 6.31. The third kappa shape index (κ3) is 8.56. The number of nitrogens with zero attached hydrogens (tertiary/aromatic N) is 1. The second kappa shape index (κ2) is 11.1. The topological polar surface area (TPSA) is 89.9 Å². The third-order valence-electron chi connectivity index (χ3n) is 4.71. The van der Waals surface area contributed by atoms with E-state index < -0.39 is 11.9 Å². The standard InChI is InChI=1S/C16H23ClN2.C4H4O4/c17-16-4-2-1-3-14(16)12-19(11-13-5-6-13)15-7-9-18-10-8-15;5-3(6)1-2-4(7)8/h1-4,13,15,18H,5-12H2;1-2H,(H,5,6)(H,7,8)/b;2-1+. The summed E-state index contributed by atoms with van der Waals surface area (Å²) in [5, 5.41) is 20.0. The summed E-state index contributed by atoms with van der Waals surface area (Å²) in [6.07, 6.45) is 6.51. The molecule has 3 rings (SSSR count). The van der Waals surface area contributed by atoms with E-state index in [9.17, 15) is 9.59 Å². The summed E-state index contributed by atoms with van der Waals surface area (Å²) in [6, 6.07) is 9.02. The zero-order valence-electron chi connectivity index (χ0n) is 15.3. The Kier molecular flexibility index (Phi) is 8.78. The van der Waals surface area contributed by atoms with Crippen LogP contribution in [0.2, 0.25) is 5.02 Å². The van der Waals surface area contributed by atoms with Crippen LogP contribution < -0.4 is 5.32 Å². The lowest BCUT2D eigenvalue weighted by molar-refractivity contribution is -0.134. The molecule has 27 heavy (non-hydrogen) atoms. The minimum atomic E-state index is -1.26. The molecule has 3 N–H and O–H groups in total. The van der Waals surface area contributed by atoms with Gasteiger partial charge in [0.25, 0.3) is 0 Å². The number of carbonyl (C=O) groups is 2. The van der Waals surface area contributed by atoms with Crippen LogP contribution in [0.3, 0.4) is 0 Å². The van der Waals surface area contributed by atoms with E-state index in [0.29, 0.717) is 12.2 Å². The largest absolute Gasteiger partial charge is 0.478 e. The van der Waals surface area contributed by atoms with Gasteiger partial charge in [-0.05, 0) is 56.3 Å². The molecule has 6 nitrogen and oxygen atoms in total. The molecule has 0 bridgehead atoms. The van der Waals surface area contributed by atoms with Crippen molar-refractivity contribution in [2.45, 2.75) is 38.3 Å². The van der Waals surface area contributed by atoms with E-state index >= 15 is 0 Å². The normalized spacial score (nSPS) is 17.6. The Morgan fingerprint density at radius 3 is 2.19 bits per heavy atom. The highest BCUT2D eigenvalue weighted by Crippen LogP contribution is 2.32. The molecule has 0 aromatic heterocycles. The summed E-state index contributed by atoms with van der Waals surface area (Å²) in [5.74, 6) is -1.57. The Morgan fingerprint density at radius 1 is 1.07 bits per heavy atom. The molecule has 0 amide bonds. The maximum Gasteiger partial charge on any atom is 0.328 e. The van der Waals surface area contributed by atoms with Gasteiger partial charge < -0.3 is 15.5 Å². The molecular formula is C20H27ClN2O4. The van der Waals surface area contributed by atoms with Crippen molar-refractivity contribution in [3.8, 4) is 0 Å². The Labute approximate surface area is 164 Å². The molecule has 1 heterocycles. The zero-order chi connectivity index (χ0) is 19.6.